The molecule has 5 nitrogen and oxygen atoms in total. The molecular formula is C24H23N3O2. The molecule has 0 saturated carbocycles. The van der Waals surface area contributed by atoms with E-state index in [1.165, 1.54) is 0 Å². The zero-order valence-electron chi connectivity index (χ0n) is 16.8. The first-order valence-corrected chi connectivity index (χ1v) is 9.51. The van der Waals surface area contributed by atoms with Crippen LogP contribution in [0.25, 0.3) is 16.9 Å². The van der Waals surface area contributed by atoms with Gasteiger partial charge in [-0.15, -0.1) is 0 Å². The van der Waals surface area contributed by atoms with Gasteiger partial charge >= 0.3 is 0 Å². The highest BCUT2D eigenvalue weighted by Gasteiger charge is 2.12. The van der Waals surface area contributed by atoms with Crippen molar-refractivity contribution < 1.29 is 9.53 Å². The van der Waals surface area contributed by atoms with Crippen LogP contribution in [0.15, 0.2) is 67.0 Å². The van der Waals surface area contributed by atoms with E-state index in [1.54, 1.807) is 7.11 Å². The molecule has 146 valence electrons. The minimum absolute atomic E-state index is 0.0862. The number of rotatable bonds is 5. The smallest absolute Gasteiger partial charge is 0.228 e. The summed E-state index contributed by atoms with van der Waals surface area (Å²) in [5.74, 6) is 0.531. The van der Waals surface area contributed by atoms with Crippen molar-refractivity contribution in [2.24, 2.45) is 0 Å². The van der Waals surface area contributed by atoms with Gasteiger partial charge in [-0.2, -0.15) is 0 Å². The van der Waals surface area contributed by atoms with E-state index < -0.39 is 0 Å². The Morgan fingerprint density at radius 1 is 1.10 bits per heavy atom. The number of nitrogens with zero attached hydrogens (tertiary/aromatic N) is 2. The van der Waals surface area contributed by atoms with E-state index in [2.05, 4.69) is 5.32 Å². The predicted octanol–water partition coefficient (Wildman–Crippen LogP) is 4.81. The highest BCUT2D eigenvalue weighted by Crippen LogP contribution is 2.31. The molecule has 0 spiro atoms. The number of hydrogen-bond donors (Lipinski definition) is 1. The molecule has 2 aromatic carbocycles. The van der Waals surface area contributed by atoms with E-state index in [-0.39, 0.29) is 5.91 Å². The van der Waals surface area contributed by atoms with Gasteiger partial charge in [-0.05, 0) is 49.2 Å². The van der Waals surface area contributed by atoms with Crippen molar-refractivity contribution in [2.75, 3.05) is 12.4 Å². The van der Waals surface area contributed by atoms with Gasteiger partial charge in [-0.1, -0.05) is 35.9 Å². The molecule has 0 aliphatic heterocycles. The predicted molar refractivity (Wildman–Crippen MR) is 115 cm³/mol. The average Bonchev–Trinajstić information content (AvgIpc) is 3.14. The number of hydrogen-bond acceptors (Lipinski definition) is 3. The number of benzene rings is 2. The van der Waals surface area contributed by atoms with Gasteiger partial charge in [-0.3, -0.25) is 4.79 Å². The molecule has 0 unspecified atom stereocenters. The van der Waals surface area contributed by atoms with E-state index in [0.717, 1.165) is 33.6 Å². The number of amides is 1. The van der Waals surface area contributed by atoms with Gasteiger partial charge in [0.2, 0.25) is 5.91 Å². The fourth-order valence-electron chi connectivity index (χ4n) is 3.46. The summed E-state index contributed by atoms with van der Waals surface area (Å²) in [5.41, 5.74) is 6.54. The van der Waals surface area contributed by atoms with Gasteiger partial charge in [0, 0.05) is 18.0 Å². The lowest BCUT2D eigenvalue weighted by Gasteiger charge is -2.12. The average molecular weight is 385 g/mol. The molecule has 0 bridgehead atoms. The zero-order valence-corrected chi connectivity index (χ0v) is 16.8. The number of methoxy groups -OCH3 is 1. The monoisotopic (exact) mass is 385 g/mol. The molecule has 0 saturated heterocycles. The quantitative estimate of drug-likeness (QED) is 0.536. The summed E-state index contributed by atoms with van der Waals surface area (Å²) in [6, 6.07) is 17.7. The van der Waals surface area contributed by atoms with E-state index in [9.17, 15) is 4.79 Å². The number of pyridine rings is 1. The largest absolute Gasteiger partial charge is 0.495 e. The van der Waals surface area contributed by atoms with Crippen LogP contribution in [0.3, 0.4) is 0 Å². The molecule has 2 heterocycles. The van der Waals surface area contributed by atoms with Crippen LogP contribution in [-0.4, -0.2) is 22.4 Å². The standard InChI is InChI=1S/C24H23N3O2/c1-16-6-4-8-18(12-16)13-23(28)25-20-14-19(9-10-22(20)29-3)21-15-27-11-5-7-17(2)24(27)26-21/h4-12,14-15H,13H2,1-3H3,(H,25,28). The van der Waals surface area contributed by atoms with E-state index in [0.29, 0.717) is 17.9 Å². The lowest BCUT2D eigenvalue weighted by atomic mass is 10.1. The fraction of sp³-hybridized carbons (Fsp3) is 0.167. The Morgan fingerprint density at radius 2 is 1.97 bits per heavy atom. The van der Waals surface area contributed by atoms with Crippen molar-refractivity contribution >= 4 is 17.2 Å². The molecule has 0 fully saturated rings. The fourth-order valence-corrected chi connectivity index (χ4v) is 3.46. The lowest BCUT2D eigenvalue weighted by molar-refractivity contribution is -0.115. The molecule has 5 heteroatoms. The Morgan fingerprint density at radius 3 is 2.72 bits per heavy atom. The molecular weight excluding hydrogens is 362 g/mol. The molecule has 0 aliphatic rings. The number of nitrogens with one attached hydrogen (secondary N) is 1. The Labute approximate surface area is 170 Å². The molecule has 4 aromatic rings. The summed E-state index contributed by atoms with van der Waals surface area (Å²) in [7, 11) is 1.60. The van der Waals surface area contributed by atoms with Crippen molar-refractivity contribution in [3.05, 3.63) is 83.7 Å². The molecule has 1 amide bonds. The van der Waals surface area contributed by atoms with Crippen LogP contribution in [0, 0.1) is 13.8 Å². The molecule has 4 rings (SSSR count). The van der Waals surface area contributed by atoms with Gasteiger partial charge in [0.1, 0.15) is 11.4 Å². The van der Waals surface area contributed by atoms with Gasteiger partial charge in [-0.25, -0.2) is 4.98 Å². The second kappa shape index (κ2) is 7.80. The number of fused-ring (bicyclic) bond motifs is 1. The number of ether oxygens (including phenoxy) is 1. The van der Waals surface area contributed by atoms with Gasteiger partial charge in [0.05, 0.1) is 24.9 Å². The first-order valence-electron chi connectivity index (χ1n) is 9.51. The van der Waals surface area contributed by atoms with Crippen LogP contribution in [0.2, 0.25) is 0 Å². The SMILES string of the molecule is COc1ccc(-c2cn3cccc(C)c3n2)cc1NC(=O)Cc1cccc(C)c1. The van der Waals surface area contributed by atoms with Crippen LogP contribution >= 0.6 is 0 Å². The van der Waals surface area contributed by atoms with Crippen LogP contribution in [0.1, 0.15) is 16.7 Å². The van der Waals surface area contributed by atoms with Crippen molar-refractivity contribution in [2.45, 2.75) is 20.3 Å². The van der Waals surface area contributed by atoms with Gasteiger partial charge in [0.25, 0.3) is 0 Å². The first kappa shape index (κ1) is 18.7. The second-order valence-corrected chi connectivity index (χ2v) is 7.18. The van der Waals surface area contributed by atoms with Crippen molar-refractivity contribution in [1.82, 2.24) is 9.38 Å². The van der Waals surface area contributed by atoms with Crippen LogP contribution in [-0.2, 0) is 11.2 Å². The Hall–Kier alpha value is -3.60. The van der Waals surface area contributed by atoms with Crippen LogP contribution in [0.4, 0.5) is 5.69 Å². The summed E-state index contributed by atoms with van der Waals surface area (Å²) >= 11 is 0. The third kappa shape index (κ3) is 3.99. The molecule has 1 N–H and O–H groups in total. The maximum Gasteiger partial charge on any atom is 0.228 e. The third-order valence-electron chi connectivity index (χ3n) is 4.89. The van der Waals surface area contributed by atoms with Gasteiger partial charge in [0.15, 0.2) is 0 Å². The summed E-state index contributed by atoms with van der Waals surface area (Å²) in [4.78, 5) is 17.4. The van der Waals surface area contributed by atoms with E-state index in [4.69, 9.17) is 9.72 Å². The van der Waals surface area contributed by atoms with Gasteiger partial charge < -0.3 is 14.5 Å². The van der Waals surface area contributed by atoms with Crippen LogP contribution in [0.5, 0.6) is 5.75 Å². The van der Waals surface area contributed by atoms with Crippen molar-refractivity contribution in [3.63, 3.8) is 0 Å². The minimum Gasteiger partial charge on any atom is -0.495 e. The lowest BCUT2D eigenvalue weighted by Crippen LogP contribution is -2.15. The molecule has 0 aliphatic carbocycles. The number of imidazole rings is 1. The Kier molecular flexibility index (Phi) is 5.04. The first-order chi connectivity index (χ1) is 14.0. The zero-order chi connectivity index (χ0) is 20.4. The topological polar surface area (TPSA) is 55.6 Å². The van der Waals surface area contributed by atoms with Crippen molar-refractivity contribution in [1.29, 1.82) is 0 Å². The Bertz CT molecular complexity index is 1190. The summed E-state index contributed by atoms with van der Waals surface area (Å²) in [5, 5.41) is 2.99. The minimum atomic E-state index is -0.0862. The summed E-state index contributed by atoms with van der Waals surface area (Å²) in [6.07, 6.45) is 4.28. The highest BCUT2D eigenvalue weighted by atomic mass is 16.5. The molecule has 0 radical (unpaired) electrons. The highest BCUT2D eigenvalue weighted by molar-refractivity contribution is 5.94. The molecule has 0 atom stereocenters. The molecule has 29 heavy (non-hydrogen) atoms. The van der Waals surface area contributed by atoms with E-state index >= 15 is 0 Å². The number of aryl methyl sites for hydroxylation is 2. The summed E-state index contributed by atoms with van der Waals surface area (Å²) < 4.78 is 7.45. The number of aromatic nitrogens is 2. The Balaban J connectivity index is 1.62. The molecule has 2 aromatic heterocycles. The summed E-state index contributed by atoms with van der Waals surface area (Å²) in [6.45, 7) is 4.06. The number of carbonyl (C=O) groups excluding carboxylic acids is 1. The maximum absolute atomic E-state index is 12.6. The van der Waals surface area contributed by atoms with E-state index in [1.807, 2.05) is 85.2 Å². The third-order valence-corrected chi connectivity index (χ3v) is 4.89. The number of carbonyl (C=O) groups is 1. The number of anilines is 1. The van der Waals surface area contributed by atoms with Crippen LogP contribution < -0.4 is 10.1 Å². The second-order valence-electron chi connectivity index (χ2n) is 7.18. The maximum atomic E-state index is 12.6. The van der Waals surface area contributed by atoms with Crippen molar-refractivity contribution in [3.8, 4) is 17.0 Å². The normalized spacial score (nSPS) is 10.9.